The number of aryl methyl sites for hydroxylation is 1. The lowest BCUT2D eigenvalue weighted by Gasteiger charge is -1.98. The number of carbonyl (C=O) groups excluding carboxylic acids is 1. The van der Waals surface area contributed by atoms with Crippen molar-refractivity contribution in [1.82, 2.24) is 0 Å². The zero-order valence-corrected chi connectivity index (χ0v) is 7.05. The number of hydrogen-bond acceptors (Lipinski definition) is 1. The van der Waals surface area contributed by atoms with Gasteiger partial charge in [0.05, 0.1) is 0 Å². The normalized spacial score (nSPS) is 15.1. The van der Waals surface area contributed by atoms with Crippen molar-refractivity contribution < 1.29 is 4.79 Å². The Bertz CT molecular complexity index is 375. The predicted molar refractivity (Wildman–Crippen MR) is 49.2 cm³/mol. The van der Waals surface area contributed by atoms with Crippen molar-refractivity contribution in [2.75, 3.05) is 0 Å². The summed E-state index contributed by atoms with van der Waals surface area (Å²) in [5, 5.41) is 0. The van der Waals surface area contributed by atoms with E-state index in [0.29, 0.717) is 6.42 Å². The molecule has 0 aromatic heterocycles. The molecule has 0 radical (unpaired) electrons. The highest BCUT2D eigenvalue weighted by Crippen LogP contribution is 2.30. The molecule has 0 unspecified atom stereocenters. The van der Waals surface area contributed by atoms with Crippen molar-refractivity contribution in [3.8, 4) is 0 Å². The van der Waals surface area contributed by atoms with Gasteiger partial charge in [-0.2, -0.15) is 0 Å². The van der Waals surface area contributed by atoms with Crippen LogP contribution in [-0.2, 0) is 0 Å². The Morgan fingerprint density at radius 2 is 2.08 bits per heavy atom. The van der Waals surface area contributed by atoms with Crippen LogP contribution in [0.25, 0.3) is 5.57 Å². The summed E-state index contributed by atoms with van der Waals surface area (Å²) < 4.78 is 0. The van der Waals surface area contributed by atoms with E-state index in [1.54, 1.807) is 0 Å². The molecular formula is C11H10O. The van der Waals surface area contributed by atoms with Crippen molar-refractivity contribution in [3.05, 3.63) is 41.5 Å². The molecular weight excluding hydrogens is 148 g/mol. The fourth-order valence-corrected chi connectivity index (χ4v) is 1.58. The quantitative estimate of drug-likeness (QED) is 0.567. The molecule has 0 amide bonds. The van der Waals surface area contributed by atoms with E-state index in [9.17, 15) is 4.79 Å². The molecule has 2 rings (SSSR count). The maximum atomic E-state index is 11.3. The first-order chi connectivity index (χ1) is 5.68. The first-order valence-electron chi connectivity index (χ1n) is 4.00. The summed E-state index contributed by atoms with van der Waals surface area (Å²) in [5.41, 5.74) is 4.02. The van der Waals surface area contributed by atoms with Crippen molar-refractivity contribution in [3.63, 3.8) is 0 Å². The molecule has 0 bridgehead atoms. The number of Topliss-reactive ketones (excluding diaryl/α,β-unsaturated/α-hetero) is 1. The summed E-state index contributed by atoms with van der Waals surface area (Å²) in [4.78, 5) is 11.3. The van der Waals surface area contributed by atoms with E-state index < -0.39 is 0 Å². The highest BCUT2D eigenvalue weighted by molar-refractivity contribution is 6.11. The van der Waals surface area contributed by atoms with Gasteiger partial charge in [-0.25, -0.2) is 0 Å². The Morgan fingerprint density at radius 3 is 2.83 bits per heavy atom. The van der Waals surface area contributed by atoms with Gasteiger partial charge < -0.3 is 0 Å². The van der Waals surface area contributed by atoms with Crippen LogP contribution in [0, 0.1) is 6.92 Å². The van der Waals surface area contributed by atoms with Gasteiger partial charge in [0.2, 0.25) is 0 Å². The molecule has 0 aliphatic heterocycles. The summed E-state index contributed by atoms with van der Waals surface area (Å²) in [6.45, 7) is 5.89. The van der Waals surface area contributed by atoms with Crippen LogP contribution in [0.2, 0.25) is 0 Å². The first kappa shape index (κ1) is 7.29. The molecule has 1 heteroatoms. The molecule has 0 spiro atoms. The maximum Gasteiger partial charge on any atom is 0.167 e. The van der Waals surface area contributed by atoms with Crippen molar-refractivity contribution in [1.29, 1.82) is 0 Å². The molecule has 0 saturated heterocycles. The van der Waals surface area contributed by atoms with E-state index in [1.807, 2.05) is 25.1 Å². The molecule has 0 saturated carbocycles. The number of ketones is 1. The molecule has 60 valence electrons. The van der Waals surface area contributed by atoms with E-state index in [1.165, 1.54) is 5.56 Å². The second kappa shape index (κ2) is 2.31. The SMILES string of the molecule is C=C1CC(=O)c2ccc(C)cc21. The molecule has 0 heterocycles. The van der Waals surface area contributed by atoms with E-state index in [2.05, 4.69) is 6.58 Å². The Balaban J connectivity index is 2.68. The van der Waals surface area contributed by atoms with Crippen LogP contribution in [-0.4, -0.2) is 5.78 Å². The Morgan fingerprint density at radius 1 is 1.33 bits per heavy atom. The third-order valence-electron chi connectivity index (χ3n) is 2.23. The summed E-state index contributed by atoms with van der Waals surface area (Å²) >= 11 is 0. The summed E-state index contributed by atoms with van der Waals surface area (Å²) in [7, 11) is 0. The molecule has 0 fully saturated rings. The topological polar surface area (TPSA) is 17.1 Å². The van der Waals surface area contributed by atoms with Gasteiger partial charge in [-0.15, -0.1) is 0 Å². The number of benzene rings is 1. The third kappa shape index (κ3) is 0.900. The number of allylic oxidation sites excluding steroid dienone is 1. The van der Waals surface area contributed by atoms with Gasteiger partial charge in [0, 0.05) is 12.0 Å². The van der Waals surface area contributed by atoms with Gasteiger partial charge in [-0.05, 0) is 18.1 Å². The van der Waals surface area contributed by atoms with E-state index in [4.69, 9.17) is 0 Å². The number of hydrogen-bond donors (Lipinski definition) is 0. The predicted octanol–water partition coefficient (Wildman–Crippen LogP) is 2.59. The fourth-order valence-electron chi connectivity index (χ4n) is 1.58. The minimum atomic E-state index is 0.204. The van der Waals surface area contributed by atoms with E-state index >= 15 is 0 Å². The minimum Gasteiger partial charge on any atom is -0.294 e. The zero-order valence-electron chi connectivity index (χ0n) is 7.05. The highest BCUT2D eigenvalue weighted by atomic mass is 16.1. The Labute approximate surface area is 71.7 Å². The van der Waals surface area contributed by atoms with Crippen LogP contribution in [0.15, 0.2) is 24.8 Å². The van der Waals surface area contributed by atoms with Crippen LogP contribution >= 0.6 is 0 Å². The average Bonchev–Trinajstić information content (AvgIpc) is 2.28. The second-order valence-corrected chi connectivity index (χ2v) is 3.25. The van der Waals surface area contributed by atoms with E-state index in [0.717, 1.165) is 16.7 Å². The Kier molecular flexibility index (Phi) is 1.40. The Hall–Kier alpha value is -1.37. The van der Waals surface area contributed by atoms with Gasteiger partial charge >= 0.3 is 0 Å². The fraction of sp³-hybridized carbons (Fsp3) is 0.182. The average molecular weight is 158 g/mol. The monoisotopic (exact) mass is 158 g/mol. The van der Waals surface area contributed by atoms with Crippen molar-refractivity contribution in [2.45, 2.75) is 13.3 Å². The summed E-state index contributed by atoms with van der Waals surface area (Å²) in [6, 6.07) is 5.89. The minimum absolute atomic E-state index is 0.204. The third-order valence-corrected chi connectivity index (χ3v) is 2.23. The lowest BCUT2D eigenvalue weighted by Crippen LogP contribution is -1.90. The van der Waals surface area contributed by atoms with Gasteiger partial charge in [-0.3, -0.25) is 4.79 Å². The smallest absolute Gasteiger partial charge is 0.167 e. The number of rotatable bonds is 0. The van der Waals surface area contributed by atoms with Crippen molar-refractivity contribution >= 4 is 11.4 Å². The lowest BCUT2D eigenvalue weighted by molar-refractivity contribution is 0.100. The van der Waals surface area contributed by atoms with Gasteiger partial charge in [0.15, 0.2) is 5.78 Å². The molecule has 1 aliphatic rings. The van der Waals surface area contributed by atoms with Gasteiger partial charge in [-0.1, -0.05) is 30.3 Å². The standard InChI is InChI=1S/C11H10O/c1-7-3-4-9-10(5-7)8(2)6-11(9)12/h3-5H,2,6H2,1H3. The zero-order chi connectivity index (χ0) is 8.72. The number of fused-ring (bicyclic) bond motifs is 1. The van der Waals surface area contributed by atoms with Crippen LogP contribution in [0.1, 0.15) is 27.9 Å². The van der Waals surface area contributed by atoms with Gasteiger partial charge in [0.25, 0.3) is 0 Å². The summed E-state index contributed by atoms with van der Waals surface area (Å²) in [6.07, 6.45) is 0.499. The van der Waals surface area contributed by atoms with E-state index in [-0.39, 0.29) is 5.78 Å². The van der Waals surface area contributed by atoms with Crippen LogP contribution in [0.3, 0.4) is 0 Å². The van der Waals surface area contributed by atoms with Gasteiger partial charge in [0.1, 0.15) is 0 Å². The number of carbonyl (C=O) groups is 1. The highest BCUT2D eigenvalue weighted by Gasteiger charge is 2.21. The second-order valence-electron chi connectivity index (χ2n) is 3.25. The molecule has 1 nitrogen and oxygen atoms in total. The molecule has 1 aromatic carbocycles. The summed E-state index contributed by atoms with van der Waals surface area (Å²) in [5.74, 6) is 0.204. The van der Waals surface area contributed by atoms with Crippen LogP contribution in [0.4, 0.5) is 0 Å². The van der Waals surface area contributed by atoms with Crippen LogP contribution < -0.4 is 0 Å². The molecule has 0 atom stereocenters. The van der Waals surface area contributed by atoms with Crippen molar-refractivity contribution in [2.24, 2.45) is 0 Å². The lowest BCUT2D eigenvalue weighted by atomic mass is 10.1. The largest absolute Gasteiger partial charge is 0.294 e. The molecule has 0 N–H and O–H groups in total. The molecule has 1 aromatic rings. The molecule has 1 aliphatic carbocycles. The molecule has 12 heavy (non-hydrogen) atoms. The van der Waals surface area contributed by atoms with Crippen LogP contribution in [0.5, 0.6) is 0 Å². The first-order valence-corrected chi connectivity index (χ1v) is 4.00. The maximum absolute atomic E-state index is 11.3.